The molecule has 204 valence electrons. The molecule has 0 bridgehead atoms. The lowest BCUT2D eigenvalue weighted by molar-refractivity contribution is -0.138. The second-order valence-electron chi connectivity index (χ2n) is 9.12. The highest BCUT2D eigenvalue weighted by Gasteiger charge is 2.21. The van der Waals surface area contributed by atoms with Crippen LogP contribution in [0.4, 0.5) is 0 Å². The standard InChI is InChI=1S/C26H48N2O6S/c1-2-3-4-5-6-7-8-9-10-11-12-13-14-15-16-23(22(29)17-18-24(30)31)35-20-21(27)26(34)28-19-25(32)33/h15-16,21-23,29H,2-14,17-20,27H2,1H3,(H,28,34)(H,30,31)(H,32,33)/b16-15-. The fraction of sp³-hybridized carbons (Fsp3) is 0.808. The van der Waals surface area contributed by atoms with Crippen LogP contribution in [0.3, 0.4) is 0 Å². The van der Waals surface area contributed by atoms with Gasteiger partial charge in [0.1, 0.15) is 6.54 Å². The number of hydrogen-bond donors (Lipinski definition) is 5. The molecule has 8 nitrogen and oxygen atoms in total. The molecule has 3 atom stereocenters. The molecule has 0 aromatic carbocycles. The van der Waals surface area contributed by atoms with Crippen molar-refractivity contribution in [1.82, 2.24) is 5.32 Å². The summed E-state index contributed by atoms with van der Waals surface area (Å²) in [4.78, 5) is 33.3. The maximum absolute atomic E-state index is 11.9. The number of nitrogens with two attached hydrogens (primary N) is 1. The highest BCUT2D eigenvalue weighted by molar-refractivity contribution is 8.00. The molecule has 35 heavy (non-hydrogen) atoms. The first kappa shape index (κ1) is 33.4. The minimum absolute atomic E-state index is 0.108. The summed E-state index contributed by atoms with van der Waals surface area (Å²) in [5.41, 5.74) is 5.83. The van der Waals surface area contributed by atoms with E-state index in [0.29, 0.717) is 0 Å². The number of amides is 1. The lowest BCUT2D eigenvalue weighted by Crippen LogP contribution is -2.44. The molecule has 0 radical (unpaired) electrons. The maximum atomic E-state index is 11.9. The van der Waals surface area contributed by atoms with Crippen LogP contribution in [0.1, 0.15) is 103 Å². The van der Waals surface area contributed by atoms with Crippen molar-refractivity contribution in [3.8, 4) is 0 Å². The second kappa shape index (κ2) is 22.9. The molecule has 0 aliphatic heterocycles. The molecule has 9 heteroatoms. The van der Waals surface area contributed by atoms with Gasteiger partial charge in [-0.15, -0.1) is 11.8 Å². The van der Waals surface area contributed by atoms with E-state index in [2.05, 4.69) is 12.2 Å². The Labute approximate surface area is 215 Å². The number of aliphatic hydroxyl groups excluding tert-OH is 1. The van der Waals surface area contributed by atoms with Crippen molar-refractivity contribution < 1.29 is 29.7 Å². The molecule has 0 aliphatic rings. The number of carboxylic acid groups (broad SMARTS) is 2. The normalized spacial score (nSPS) is 14.0. The Morgan fingerprint density at radius 1 is 0.886 bits per heavy atom. The van der Waals surface area contributed by atoms with E-state index in [1.807, 2.05) is 12.2 Å². The first-order valence-corrected chi connectivity index (χ1v) is 14.3. The fourth-order valence-electron chi connectivity index (χ4n) is 3.65. The SMILES string of the molecule is CCCCCCCCCCCCCC/C=C\C(SCC(N)C(=O)NCC(=O)O)C(O)CCC(=O)O. The Kier molecular flexibility index (Phi) is 21.8. The van der Waals surface area contributed by atoms with Crippen LogP contribution in [0.5, 0.6) is 0 Å². The number of allylic oxidation sites excluding steroid dienone is 1. The smallest absolute Gasteiger partial charge is 0.322 e. The fourth-order valence-corrected chi connectivity index (χ4v) is 4.81. The summed E-state index contributed by atoms with van der Waals surface area (Å²) in [6.07, 6.45) is 19.3. The third kappa shape index (κ3) is 21.4. The van der Waals surface area contributed by atoms with Gasteiger partial charge in [0.2, 0.25) is 5.91 Å². The van der Waals surface area contributed by atoms with E-state index in [-0.39, 0.29) is 23.8 Å². The summed E-state index contributed by atoms with van der Waals surface area (Å²) < 4.78 is 0. The van der Waals surface area contributed by atoms with Gasteiger partial charge in [-0.25, -0.2) is 0 Å². The van der Waals surface area contributed by atoms with Crippen LogP contribution in [-0.4, -0.2) is 62.9 Å². The Bertz CT molecular complexity index is 602. The summed E-state index contributed by atoms with van der Waals surface area (Å²) >= 11 is 1.27. The third-order valence-electron chi connectivity index (χ3n) is 5.80. The predicted molar refractivity (Wildman–Crippen MR) is 143 cm³/mol. The lowest BCUT2D eigenvalue weighted by atomic mass is 10.0. The summed E-state index contributed by atoms with van der Waals surface area (Å²) in [5, 5.41) is 29.8. The molecule has 0 aromatic rings. The second-order valence-corrected chi connectivity index (χ2v) is 10.3. The molecule has 0 spiro atoms. The monoisotopic (exact) mass is 516 g/mol. The van der Waals surface area contributed by atoms with E-state index >= 15 is 0 Å². The van der Waals surface area contributed by atoms with Gasteiger partial charge in [0.25, 0.3) is 0 Å². The van der Waals surface area contributed by atoms with Gasteiger partial charge in [-0.05, 0) is 19.3 Å². The maximum Gasteiger partial charge on any atom is 0.322 e. The number of thioether (sulfide) groups is 1. The lowest BCUT2D eigenvalue weighted by Gasteiger charge is -2.21. The molecule has 0 saturated carbocycles. The van der Waals surface area contributed by atoms with Crippen molar-refractivity contribution in [3.63, 3.8) is 0 Å². The number of aliphatic carboxylic acids is 2. The number of nitrogens with one attached hydrogen (secondary N) is 1. The zero-order valence-electron chi connectivity index (χ0n) is 21.5. The van der Waals surface area contributed by atoms with Crippen LogP contribution in [0.25, 0.3) is 0 Å². The quantitative estimate of drug-likeness (QED) is 0.0930. The Morgan fingerprint density at radius 3 is 1.94 bits per heavy atom. The van der Waals surface area contributed by atoms with Crippen LogP contribution >= 0.6 is 11.8 Å². The van der Waals surface area contributed by atoms with E-state index in [1.54, 1.807) is 0 Å². The van der Waals surface area contributed by atoms with Gasteiger partial charge >= 0.3 is 11.9 Å². The summed E-state index contributed by atoms with van der Waals surface area (Å²) in [5.74, 6) is -2.51. The van der Waals surface area contributed by atoms with Crippen LogP contribution in [0.15, 0.2) is 12.2 Å². The van der Waals surface area contributed by atoms with Crippen LogP contribution in [-0.2, 0) is 14.4 Å². The first-order valence-electron chi connectivity index (χ1n) is 13.2. The van der Waals surface area contributed by atoms with Gasteiger partial charge < -0.3 is 26.4 Å². The molecular formula is C26H48N2O6S. The average Bonchev–Trinajstić information content (AvgIpc) is 2.82. The van der Waals surface area contributed by atoms with E-state index in [0.717, 1.165) is 19.3 Å². The molecule has 0 saturated heterocycles. The van der Waals surface area contributed by atoms with Gasteiger partial charge in [0.05, 0.1) is 12.1 Å². The molecule has 0 fully saturated rings. The average molecular weight is 517 g/mol. The van der Waals surface area contributed by atoms with Gasteiger partial charge in [-0.3, -0.25) is 14.4 Å². The van der Waals surface area contributed by atoms with Crippen LogP contribution in [0.2, 0.25) is 0 Å². The Morgan fingerprint density at radius 2 is 1.43 bits per heavy atom. The van der Waals surface area contributed by atoms with Crippen molar-refractivity contribution in [2.75, 3.05) is 12.3 Å². The van der Waals surface area contributed by atoms with Gasteiger partial charge in [0, 0.05) is 17.4 Å². The molecule has 0 aromatic heterocycles. The zero-order chi connectivity index (χ0) is 26.3. The molecule has 3 unspecified atom stereocenters. The summed E-state index contributed by atoms with van der Waals surface area (Å²) in [7, 11) is 0. The number of carbonyl (C=O) groups is 3. The van der Waals surface area contributed by atoms with Gasteiger partial charge in [-0.2, -0.15) is 0 Å². The van der Waals surface area contributed by atoms with Crippen LogP contribution < -0.4 is 11.1 Å². The molecular weight excluding hydrogens is 468 g/mol. The molecule has 6 N–H and O–H groups in total. The number of carboxylic acids is 2. The van der Waals surface area contributed by atoms with E-state index in [9.17, 15) is 19.5 Å². The van der Waals surface area contributed by atoms with Gasteiger partial charge in [-0.1, -0.05) is 89.7 Å². The van der Waals surface area contributed by atoms with Gasteiger partial charge in [0.15, 0.2) is 0 Å². The van der Waals surface area contributed by atoms with E-state index < -0.39 is 36.5 Å². The van der Waals surface area contributed by atoms with E-state index in [1.165, 1.54) is 76.0 Å². The predicted octanol–water partition coefficient (Wildman–Crippen LogP) is 4.49. The van der Waals surface area contributed by atoms with E-state index in [4.69, 9.17) is 15.9 Å². The first-order chi connectivity index (χ1) is 16.8. The number of rotatable bonds is 24. The number of unbranched alkanes of at least 4 members (excludes halogenated alkanes) is 12. The number of hydrogen-bond acceptors (Lipinski definition) is 6. The van der Waals surface area contributed by atoms with Crippen molar-refractivity contribution in [2.24, 2.45) is 5.73 Å². The topological polar surface area (TPSA) is 150 Å². The Hall–Kier alpha value is -1.58. The van der Waals surface area contributed by atoms with Crippen molar-refractivity contribution in [3.05, 3.63) is 12.2 Å². The highest BCUT2D eigenvalue weighted by Crippen LogP contribution is 2.21. The highest BCUT2D eigenvalue weighted by atomic mass is 32.2. The van der Waals surface area contributed by atoms with Crippen molar-refractivity contribution in [2.45, 2.75) is 121 Å². The molecule has 1 amide bonds. The van der Waals surface area contributed by atoms with Crippen molar-refractivity contribution in [1.29, 1.82) is 0 Å². The van der Waals surface area contributed by atoms with Crippen LogP contribution in [0, 0.1) is 0 Å². The minimum Gasteiger partial charge on any atom is -0.481 e. The molecule has 0 heterocycles. The minimum atomic E-state index is -1.15. The summed E-state index contributed by atoms with van der Waals surface area (Å²) in [6, 6.07) is -0.918. The molecule has 0 rings (SSSR count). The number of aliphatic hydroxyl groups is 1. The molecule has 0 aliphatic carbocycles. The third-order valence-corrected chi connectivity index (χ3v) is 7.21. The van der Waals surface area contributed by atoms with Crippen molar-refractivity contribution >= 4 is 29.6 Å². The zero-order valence-corrected chi connectivity index (χ0v) is 22.3. The Balaban J connectivity index is 4.22. The largest absolute Gasteiger partial charge is 0.481 e. The number of carbonyl (C=O) groups excluding carboxylic acids is 1. The summed E-state index contributed by atoms with van der Waals surface area (Å²) in [6.45, 7) is 1.74.